The van der Waals surface area contributed by atoms with Gasteiger partial charge in [0.25, 0.3) is 0 Å². The molecule has 0 bridgehead atoms. The Bertz CT molecular complexity index is 1280. The van der Waals surface area contributed by atoms with Crippen molar-refractivity contribution in [1.29, 1.82) is 0 Å². The largest absolute Gasteiger partial charge is 0.494 e. The summed E-state index contributed by atoms with van der Waals surface area (Å²) in [6.45, 7) is 5.21. The Morgan fingerprint density at radius 2 is 1.13 bits per heavy atom. The standard InChI is InChI=1S/C40H52O5/c1-3-5-7-8-9-10-11-13-30-43-36-26-22-32(23-27-36)31-18-20-34(21-19-31)39(41)44-37-28-24-35(25-29-37)40(42)45-38-17-14-16-33(38)15-12-6-4-2/h18-29,33,38H,3-17,30H2,1-2H3/t33-,38+/m0/s1. The van der Waals surface area contributed by atoms with Gasteiger partial charge in [-0.2, -0.15) is 0 Å². The third-order valence-electron chi connectivity index (χ3n) is 8.90. The second-order valence-electron chi connectivity index (χ2n) is 12.5. The summed E-state index contributed by atoms with van der Waals surface area (Å²) in [6, 6.07) is 22.1. The molecule has 3 aromatic carbocycles. The van der Waals surface area contributed by atoms with E-state index in [0.29, 0.717) is 22.8 Å². The molecule has 0 radical (unpaired) electrons. The van der Waals surface area contributed by atoms with Gasteiger partial charge in [-0.05, 0) is 97.7 Å². The zero-order chi connectivity index (χ0) is 31.7. The number of ether oxygens (including phenoxy) is 3. The van der Waals surface area contributed by atoms with Crippen LogP contribution in [0.2, 0.25) is 0 Å². The molecule has 0 aromatic heterocycles. The molecule has 1 aliphatic carbocycles. The van der Waals surface area contributed by atoms with Gasteiger partial charge in [0, 0.05) is 0 Å². The zero-order valence-corrected chi connectivity index (χ0v) is 27.4. The summed E-state index contributed by atoms with van der Waals surface area (Å²) in [5.41, 5.74) is 3.01. The number of unbranched alkanes of at least 4 members (excludes halogenated alkanes) is 9. The molecular weight excluding hydrogens is 560 g/mol. The van der Waals surface area contributed by atoms with E-state index in [-0.39, 0.29) is 12.1 Å². The van der Waals surface area contributed by atoms with Gasteiger partial charge in [0.2, 0.25) is 0 Å². The molecule has 0 aliphatic heterocycles. The topological polar surface area (TPSA) is 61.8 Å². The Morgan fingerprint density at radius 3 is 1.80 bits per heavy atom. The van der Waals surface area contributed by atoms with E-state index in [9.17, 15) is 9.59 Å². The Morgan fingerprint density at radius 1 is 0.600 bits per heavy atom. The molecule has 45 heavy (non-hydrogen) atoms. The molecule has 5 nitrogen and oxygen atoms in total. The summed E-state index contributed by atoms with van der Waals surface area (Å²) in [5.74, 6) is 0.990. The van der Waals surface area contributed by atoms with Crippen LogP contribution in [0.4, 0.5) is 0 Å². The van der Waals surface area contributed by atoms with Gasteiger partial charge >= 0.3 is 11.9 Å². The van der Waals surface area contributed by atoms with Gasteiger partial charge in [-0.3, -0.25) is 0 Å². The van der Waals surface area contributed by atoms with Crippen molar-refractivity contribution in [2.45, 2.75) is 116 Å². The van der Waals surface area contributed by atoms with E-state index in [0.717, 1.165) is 55.6 Å². The first kappa shape index (κ1) is 34.3. The molecule has 4 rings (SSSR count). The first-order valence-corrected chi connectivity index (χ1v) is 17.4. The highest BCUT2D eigenvalue weighted by atomic mass is 16.5. The van der Waals surface area contributed by atoms with Crippen molar-refractivity contribution >= 4 is 11.9 Å². The van der Waals surface area contributed by atoms with Gasteiger partial charge in [0.05, 0.1) is 17.7 Å². The van der Waals surface area contributed by atoms with Crippen molar-refractivity contribution in [2.24, 2.45) is 5.92 Å². The molecule has 5 heteroatoms. The van der Waals surface area contributed by atoms with Crippen molar-refractivity contribution in [3.05, 3.63) is 83.9 Å². The number of carbonyl (C=O) groups is 2. The average molecular weight is 613 g/mol. The molecule has 3 aromatic rings. The SMILES string of the molecule is CCCCCCCCCCOc1ccc(-c2ccc(C(=O)Oc3ccc(C(=O)O[C@@H]4CCC[C@@H]4CCCCC)cc3)cc2)cc1. The normalized spacial score (nSPS) is 16.0. The minimum Gasteiger partial charge on any atom is -0.494 e. The molecule has 1 fully saturated rings. The van der Waals surface area contributed by atoms with Crippen LogP contribution in [-0.4, -0.2) is 24.6 Å². The number of rotatable bonds is 19. The number of hydrogen-bond acceptors (Lipinski definition) is 5. The first-order valence-electron chi connectivity index (χ1n) is 17.4. The highest BCUT2D eigenvalue weighted by Crippen LogP contribution is 2.33. The van der Waals surface area contributed by atoms with Gasteiger partial charge in [-0.15, -0.1) is 0 Å². The monoisotopic (exact) mass is 612 g/mol. The molecule has 0 saturated heterocycles. The van der Waals surface area contributed by atoms with Crippen LogP contribution in [0.15, 0.2) is 72.8 Å². The number of benzene rings is 3. The van der Waals surface area contributed by atoms with E-state index in [1.165, 1.54) is 64.2 Å². The predicted molar refractivity (Wildman–Crippen MR) is 182 cm³/mol. The molecule has 0 spiro atoms. The van der Waals surface area contributed by atoms with Crippen LogP contribution in [0.5, 0.6) is 11.5 Å². The second-order valence-corrected chi connectivity index (χ2v) is 12.5. The van der Waals surface area contributed by atoms with E-state index in [4.69, 9.17) is 14.2 Å². The maximum atomic E-state index is 12.8. The molecule has 0 amide bonds. The fourth-order valence-corrected chi connectivity index (χ4v) is 6.14. The lowest BCUT2D eigenvalue weighted by atomic mass is 9.98. The Labute approximate surface area is 270 Å². The fourth-order valence-electron chi connectivity index (χ4n) is 6.14. The van der Waals surface area contributed by atoms with Crippen LogP contribution in [-0.2, 0) is 4.74 Å². The van der Waals surface area contributed by atoms with Crippen LogP contribution in [0.25, 0.3) is 11.1 Å². The van der Waals surface area contributed by atoms with E-state index in [1.54, 1.807) is 36.4 Å². The summed E-state index contributed by atoms with van der Waals surface area (Å²) in [7, 11) is 0. The quantitative estimate of drug-likeness (QED) is 0.0765. The Balaban J connectivity index is 1.19. The molecule has 2 atom stereocenters. The number of hydrogen-bond donors (Lipinski definition) is 0. The number of carbonyl (C=O) groups excluding carboxylic acids is 2. The lowest BCUT2D eigenvalue weighted by Gasteiger charge is -2.20. The lowest BCUT2D eigenvalue weighted by molar-refractivity contribution is 0.0194. The van der Waals surface area contributed by atoms with Crippen LogP contribution < -0.4 is 9.47 Å². The summed E-state index contributed by atoms with van der Waals surface area (Å²) in [6.07, 6.45) is 18.2. The van der Waals surface area contributed by atoms with Crippen LogP contribution in [0.3, 0.4) is 0 Å². The molecule has 0 unspecified atom stereocenters. The average Bonchev–Trinajstić information content (AvgIpc) is 3.51. The zero-order valence-electron chi connectivity index (χ0n) is 27.4. The molecule has 242 valence electrons. The fraction of sp³-hybridized carbons (Fsp3) is 0.500. The van der Waals surface area contributed by atoms with Crippen molar-refractivity contribution < 1.29 is 23.8 Å². The highest BCUT2D eigenvalue weighted by Gasteiger charge is 2.30. The molecule has 0 N–H and O–H groups in total. The predicted octanol–water partition coefficient (Wildman–Crippen LogP) is 11.0. The van der Waals surface area contributed by atoms with Gasteiger partial charge in [-0.1, -0.05) is 102 Å². The maximum absolute atomic E-state index is 12.8. The van der Waals surface area contributed by atoms with Crippen LogP contribution in [0.1, 0.15) is 131 Å². The van der Waals surface area contributed by atoms with Gasteiger partial charge < -0.3 is 14.2 Å². The molecule has 1 saturated carbocycles. The van der Waals surface area contributed by atoms with Gasteiger partial charge in [-0.25, -0.2) is 9.59 Å². The second kappa shape index (κ2) is 19.0. The van der Waals surface area contributed by atoms with Crippen molar-refractivity contribution in [2.75, 3.05) is 6.61 Å². The van der Waals surface area contributed by atoms with E-state index in [1.807, 2.05) is 36.4 Å². The van der Waals surface area contributed by atoms with Crippen LogP contribution in [0, 0.1) is 5.92 Å². The summed E-state index contributed by atoms with van der Waals surface area (Å²) in [4.78, 5) is 25.6. The van der Waals surface area contributed by atoms with Crippen LogP contribution >= 0.6 is 0 Å². The molecule has 1 aliphatic rings. The smallest absolute Gasteiger partial charge is 0.343 e. The summed E-state index contributed by atoms with van der Waals surface area (Å²) < 4.78 is 17.4. The van der Waals surface area contributed by atoms with E-state index >= 15 is 0 Å². The minimum absolute atomic E-state index is 0.00522. The highest BCUT2D eigenvalue weighted by molar-refractivity contribution is 5.92. The van der Waals surface area contributed by atoms with Crippen molar-refractivity contribution in [3.63, 3.8) is 0 Å². The lowest BCUT2D eigenvalue weighted by Crippen LogP contribution is -2.22. The third kappa shape index (κ3) is 11.4. The third-order valence-corrected chi connectivity index (χ3v) is 8.90. The van der Waals surface area contributed by atoms with Gasteiger partial charge in [0.1, 0.15) is 17.6 Å². The number of esters is 2. The first-order chi connectivity index (χ1) is 22.1. The van der Waals surface area contributed by atoms with Gasteiger partial charge in [0.15, 0.2) is 0 Å². The summed E-state index contributed by atoms with van der Waals surface area (Å²) >= 11 is 0. The molecule has 0 heterocycles. The van der Waals surface area contributed by atoms with E-state index < -0.39 is 5.97 Å². The van der Waals surface area contributed by atoms with E-state index in [2.05, 4.69) is 13.8 Å². The maximum Gasteiger partial charge on any atom is 0.343 e. The Hall–Kier alpha value is -3.60. The Kier molecular flexibility index (Phi) is 14.5. The minimum atomic E-state index is -0.442. The van der Waals surface area contributed by atoms with Crippen molar-refractivity contribution in [1.82, 2.24) is 0 Å². The summed E-state index contributed by atoms with van der Waals surface area (Å²) in [5, 5.41) is 0. The molecular formula is C40H52O5. The van der Waals surface area contributed by atoms with Crippen molar-refractivity contribution in [3.8, 4) is 22.6 Å².